The zero-order valence-corrected chi connectivity index (χ0v) is 17.5. The van der Waals surface area contributed by atoms with Gasteiger partial charge in [-0.05, 0) is 49.6 Å². The Morgan fingerprint density at radius 3 is 2.58 bits per heavy atom. The molecule has 1 spiro atoms. The number of fused-ring (bicyclic) bond motifs is 3. The van der Waals surface area contributed by atoms with Crippen LogP contribution in [0.5, 0.6) is 0 Å². The number of H-pyrrole nitrogens is 1. The van der Waals surface area contributed by atoms with Crippen LogP contribution in [0.15, 0.2) is 30.3 Å². The average Bonchev–Trinajstić information content (AvgIpc) is 3.35. The van der Waals surface area contributed by atoms with Gasteiger partial charge in [-0.1, -0.05) is 0 Å². The fraction of sp³-hybridized carbons (Fsp3) is 0.381. The lowest BCUT2D eigenvalue weighted by Gasteiger charge is -2.46. The Hall–Kier alpha value is -3.38. The highest BCUT2D eigenvalue weighted by Crippen LogP contribution is 2.43. The van der Waals surface area contributed by atoms with E-state index < -0.39 is 12.1 Å². The van der Waals surface area contributed by atoms with E-state index in [-0.39, 0.29) is 11.4 Å². The van der Waals surface area contributed by atoms with Gasteiger partial charge in [-0.3, -0.25) is 4.79 Å². The highest BCUT2D eigenvalue weighted by atomic mass is 19.4. The number of carboxylic acid groups (broad SMARTS) is 1. The average molecular weight is 464 g/mol. The van der Waals surface area contributed by atoms with Crippen LogP contribution in [-0.4, -0.2) is 44.2 Å². The number of alkyl halides is 3. The molecule has 1 saturated carbocycles. The molecule has 176 valence electrons. The molecule has 0 bridgehead atoms. The van der Waals surface area contributed by atoms with E-state index in [0.29, 0.717) is 6.54 Å². The number of rotatable bonds is 3. The molecule has 33 heavy (non-hydrogen) atoms. The molecular weight excluding hydrogens is 441 g/mol. The lowest BCUT2D eigenvalue weighted by Crippen LogP contribution is -2.53. The molecular formula is C21H23F3N6O3. The van der Waals surface area contributed by atoms with Crippen LogP contribution in [0, 0.1) is 0 Å². The molecule has 12 heteroatoms. The maximum absolute atomic E-state index is 12.9. The van der Waals surface area contributed by atoms with Crippen molar-refractivity contribution in [2.24, 2.45) is 5.73 Å². The third-order valence-corrected chi connectivity index (χ3v) is 5.93. The van der Waals surface area contributed by atoms with E-state index in [1.807, 2.05) is 24.3 Å². The summed E-state index contributed by atoms with van der Waals surface area (Å²) in [5.41, 5.74) is 10.2. The van der Waals surface area contributed by atoms with Crippen molar-refractivity contribution in [3.8, 4) is 0 Å². The number of carbonyl (C=O) groups is 2. The number of benzene rings is 1. The van der Waals surface area contributed by atoms with Crippen LogP contribution in [0.1, 0.15) is 41.3 Å². The Bertz CT molecular complexity index is 1200. The van der Waals surface area contributed by atoms with Crippen LogP contribution in [0.2, 0.25) is 0 Å². The van der Waals surface area contributed by atoms with Gasteiger partial charge >= 0.3 is 12.1 Å². The van der Waals surface area contributed by atoms with Gasteiger partial charge in [0.25, 0.3) is 5.91 Å². The fourth-order valence-electron chi connectivity index (χ4n) is 4.22. The number of nitrogens with one attached hydrogen (secondary N) is 3. The standard InChI is InChI=1S/C19H22N6O.C2HF3O2/c20-11-17-23-13-3-2-12(10-14(13)24-17)22-18(26)15-4-5-16-19(6-1-7-19)21-8-9-25(15)16;3-2(4,5)1(6)7/h2-5,10,21H,1,6-9,11,20H2,(H,22,26)(H,23,24);(H,6,7). The lowest BCUT2D eigenvalue weighted by molar-refractivity contribution is -0.192. The van der Waals surface area contributed by atoms with E-state index in [0.717, 1.165) is 54.2 Å². The zero-order valence-electron chi connectivity index (χ0n) is 17.5. The van der Waals surface area contributed by atoms with Crippen LogP contribution in [0.25, 0.3) is 11.0 Å². The maximum atomic E-state index is 12.9. The molecule has 1 aliphatic carbocycles. The molecule has 0 atom stereocenters. The number of hydrogen-bond donors (Lipinski definition) is 5. The second-order valence-electron chi connectivity index (χ2n) is 7.99. The largest absolute Gasteiger partial charge is 0.490 e. The first kappa shape index (κ1) is 22.8. The van der Waals surface area contributed by atoms with Crippen molar-refractivity contribution in [2.75, 3.05) is 11.9 Å². The number of amides is 1. The highest BCUT2D eigenvalue weighted by Gasteiger charge is 2.43. The predicted octanol–water partition coefficient (Wildman–Crippen LogP) is 2.69. The van der Waals surface area contributed by atoms with E-state index in [2.05, 4.69) is 31.2 Å². The molecule has 2 aliphatic rings. The lowest BCUT2D eigenvalue weighted by atomic mass is 9.73. The van der Waals surface area contributed by atoms with Crippen molar-refractivity contribution in [1.29, 1.82) is 0 Å². The molecule has 0 unspecified atom stereocenters. The Balaban J connectivity index is 0.000000325. The summed E-state index contributed by atoms with van der Waals surface area (Å²) in [4.78, 5) is 29.3. The summed E-state index contributed by atoms with van der Waals surface area (Å²) in [6.45, 7) is 2.10. The minimum absolute atomic E-state index is 0.0782. The van der Waals surface area contributed by atoms with Crippen molar-refractivity contribution in [1.82, 2.24) is 19.9 Å². The van der Waals surface area contributed by atoms with Gasteiger partial charge in [0, 0.05) is 24.5 Å². The second kappa shape index (κ2) is 8.52. The number of carbonyl (C=O) groups excluding carboxylic acids is 1. The van der Waals surface area contributed by atoms with E-state index >= 15 is 0 Å². The number of aliphatic carboxylic acids is 1. The number of halogens is 3. The van der Waals surface area contributed by atoms with Gasteiger partial charge in [-0.2, -0.15) is 13.2 Å². The Morgan fingerprint density at radius 2 is 1.97 bits per heavy atom. The van der Waals surface area contributed by atoms with Gasteiger partial charge in [0.05, 0.1) is 23.1 Å². The molecule has 1 fully saturated rings. The number of nitrogens with zero attached hydrogens (tertiary/aromatic N) is 2. The van der Waals surface area contributed by atoms with Gasteiger partial charge in [0.2, 0.25) is 0 Å². The molecule has 0 saturated heterocycles. The molecule has 1 aliphatic heterocycles. The van der Waals surface area contributed by atoms with E-state index in [4.69, 9.17) is 15.6 Å². The van der Waals surface area contributed by atoms with Crippen LogP contribution < -0.4 is 16.4 Å². The summed E-state index contributed by atoms with van der Waals surface area (Å²) in [5, 5.41) is 13.8. The van der Waals surface area contributed by atoms with Crippen molar-refractivity contribution in [3.63, 3.8) is 0 Å². The van der Waals surface area contributed by atoms with Crippen LogP contribution >= 0.6 is 0 Å². The smallest absolute Gasteiger partial charge is 0.475 e. The first-order chi connectivity index (χ1) is 15.6. The molecule has 3 heterocycles. The second-order valence-corrected chi connectivity index (χ2v) is 7.99. The quantitative estimate of drug-likeness (QED) is 0.404. The van der Waals surface area contributed by atoms with Crippen molar-refractivity contribution >= 4 is 28.6 Å². The fourth-order valence-corrected chi connectivity index (χ4v) is 4.22. The van der Waals surface area contributed by atoms with Crippen molar-refractivity contribution in [2.45, 2.75) is 44.1 Å². The van der Waals surface area contributed by atoms with Gasteiger partial charge in [0.15, 0.2) is 0 Å². The minimum Gasteiger partial charge on any atom is -0.475 e. The van der Waals surface area contributed by atoms with E-state index in [9.17, 15) is 18.0 Å². The van der Waals surface area contributed by atoms with E-state index in [1.165, 1.54) is 12.1 Å². The van der Waals surface area contributed by atoms with Crippen LogP contribution in [-0.2, 0) is 23.4 Å². The topological polar surface area (TPSA) is 138 Å². The highest BCUT2D eigenvalue weighted by molar-refractivity contribution is 6.04. The summed E-state index contributed by atoms with van der Waals surface area (Å²) in [6, 6.07) is 9.71. The molecule has 0 radical (unpaired) electrons. The molecule has 6 N–H and O–H groups in total. The normalized spacial score (nSPS) is 16.5. The summed E-state index contributed by atoms with van der Waals surface area (Å²) in [7, 11) is 0. The molecule has 5 rings (SSSR count). The van der Waals surface area contributed by atoms with E-state index in [1.54, 1.807) is 0 Å². The molecule has 2 aromatic heterocycles. The number of carboxylic acids is 1. The number of nitrogens with two attached hydrogens (primary N) is 1. The summed E-state index contributed by atoms with van der Waals surface area (Å²) >= 11 is 0. The van der Waals surface area contributed by atoms with Gasteiger partial charge in [-0.25, -0.2) is 9.78 Å². The molecule has 9 nitrogen and oxygen atoms in total. The molecule has 1 amide bonds. The predicted molar refractivity (Wildman–Crippen MR) is 114 cm³/mol. The van der Waals surface area contributed by atoms with Crippen LogP contribution in [0.3, 0.4) is 0 Å². The number of imidazole rings is 1. The zero-order chi connectivity index (χ0) is 23.8. The van der Waals surface area contributed by atoms with Gasteiger partial charge < -0.3 is 31.0 Å². The van der Waals surface area contributed by atoms with Crippen LogP contribution in [0.4, 0.5) is 18.9 Å². The third kappa shape index (κ3) is 4.44. The summed E-state index contributed by atoms with van der Waals surface area (Å²) in [6.07, 6.45) is -1.54. The van der Waals surface area contributed by atoms with Gasteiger partial charge in [-0.15, -0.1) is 0 Å². The maximum Gasteiger partial charge on any atom is 0.490 e. The Morgan fingerprint density at radius 1 is 1.24 bits per heavy atom. The number of aromatic amines is 1. The summed E-state index contributed by atoms with van der Waals surface area (Å²) in [5.74, 6) is -2.10. The monoisotopic (exact) mass is 464 g/mol. The third-order valence-electron chi connectivity index (χ3n) is 5.93. The molecule has 1 aromatic carbocycles. The molecule has 3 aromatic rings. The first-order valence-corrected chi connectivity index (χ1v) is 10.4. The summed E-state index contributed by atoms with van der Waals surface area (Å²) < 4.78 is 33.9. The SMILES string of the molecule is NCc1nc2ccc(NC(=O)c3ccc4n3CCNC43CCC3)cc2[nH]1.O=C(O)C(F)(F)F. The number of aromatic nitrogens is 3. The van der Waals surface area contributed by atoms with Gasteiger partial charge in [0.1, 0.15) is 11.5 Å². The number of anilines is 1. The van der Waals surface area contributed by atoms with Crippen molar-refractivity contribution < 1.29 is 27.9 Å². The minimum atomic E-state index is -5.08. The Kier molecular flexibility index (Phi) is 5.89. The Labute approximate surface area is 186 Å². The number of hydrogen-bond acceptors (Lipinski definition) is 5. The van der Waals surface area contributed by atoms with Crippen molar-refractivity contribution in [3.05, 3.63) is 47.5 Å². The first-order valence-electron chi connectivity index (χ1n) is 10.4.